The molecule has 0 bridgehead atoms. The molecule has 158 valence electrons. The van der Waals surface area contributed by atoms with Crippen molar-refractivity contribution in [3.8, 4) is 0 Å². The molecule has 0 saturated carbocycles. The molecule has 2 amide bonds. The minimum Gasteiger partial charge on any atom is -0.374 e. The number of anilines is 4. The van der Waals surface area contributed by atoms with Crippen LogP contribution in [-0.4, -0.2) is 37.5 Å². The smallest absolute Gasteiger partial charge is 0.246 e. The average molecular weight is 407 g/mol. The van der Waals surface area contributed by atoms with Crippen LogP contribution in [0.3, 0.4) is 0 Å². The van der Waals surface area contributed by atoms with Crippen molar-refractivity contribution >= 4 is 34.6 Å². The Morgan fingerprint density at radius 3 is 2.37 bits per heavy atom. The summed E-state index contributed by atoms with van der Waals surface area (Å²) in [6.07, 6.45) is 5.30. The van der Waals surface area contributed by atoms with Gasteiger partial charge in [0.1, 0.15) is 6.04 Å². The van der Waals surface area contributed by atoms with Gasteiger partial charge in [0.25, 0.3) is 0 Å². The molecule has 2 saturated heterocycles. The van der Waals surface area contributed by atoms with Gasteiger partial charge in [-0.1, -0.05) is 6.07 Å². The zero-order chi connectivity index (χ0) is 20.9. The van der Waals surface area contributed by atoms with Crippen molar-refractivity contribution in [3.05, 3.63) is 48.5 Å². The van der Waals surface area contributed by atoms with Crippen LogP contribution in [0.5, 0.6) is 0 Å². The molecule has 2 aromatic rings. The van der Waals surface area contributed by atoms with Gasteiger partial charge in [-0.15, -0.1) is 0 Å². The summed E-state index contributed by atoms with van der Waals surface area (Å²) in [5.74, 6) is 0.0642. The molecule has 6 nitrogen and oxygen atoms in total. The van der Waals surface area contributed by atoms with Crippen LogP contribution in [0.25, 0.3) is 0 Å². The molecule has 1 atom stereocenters. The molecule has 0 unspecified atom stereocenters. The molecular weight excluding hydrogens is 376 g/mol. The van der Waals surface area contributed by atoms with Crippen molar-refractivity contribution in [2.45, 2.75) is 45.1 Å². The number of amides is 2. The Morgan fingerprint density at radius 2 is 1.67 bits per heavy atom. The van der Waals surface area contributed by atoms with E-state index in [0.29, 0.717) is 6.42 Å². The van der Waals surface area contributed by atoms with E-state index in [4.69, 9.17) is 0 Å². The summed E-state index contributed by atoms with van der Waals surface area (Å²) < 4.78 is 0. The summed E-state index contributed by atoms with van der Waals surface area (Å²) in [6, 6.07) is 15.4. The fourth-order valence-electron chi connectivity index (χ4n) is 4.16. The zero-order valence-corrected chi connectivity index (χ0v) is 17.6. The minimum absolute atomic E-state index is 0.0941. The number of nitrogens with one attached hydrogen (secondary N) is 2. The lowest BCUT2D eigenvalue weighted by Crippen LogP contribution is -2.32. The molecule has 2 aliphatic heterocycles. The highest BCUT2D eigenvalue weighted by Crippen LogP contribution is 2.25. The van der Waals surface area contributed by atoms with Gasteiger partial charge in [0.2, 0.25) is 11.8 Å². The molecule has 2 fully saturated rings. The van der Waals surface area contributed by atoms with Gasteiger partial charge in [-0.25, -0.2) is 0 Å². The summed E-state index contributed by atoms with van der Waals surface area (Å²) in [4.78, 5) is 28.8. The monoisotopic (exact) mass is 406 g/mol. The molecule has 0 radical (unpaired) electrons. The highest BCUT2D eigenvalue weighted by molar-refractivity contribution is 5.97. The maximum Gasteiger partial charge on any atom is 0.246 e. The lowest BCUT2D eigenvalue weighted by atomic mass is 10.1. The van der Waals surface area contributed by atoms with Gasteiger partial charge in [0.15, 0.2) is 0 Å². The van der Waals surface area contributed by atoms with E-state index in [1.807, 2.05) is 43.3 Å². The molecule has 2 heterocycles. The Bertz CT molecular complexity index is 890. The highest BCUT2D eigenvalue weighted by Gasteiger charge is 2.22. The highest BCUT2D eigenvalue weighted by atomic mass is 16.2. The Balaban J connectivity index is 1.34. The number of benzene rings is 2. The SMILES string of the molecule is C[C@H](Nc1cccc(N2CCCC2=O)c1)C(=O)Nc1ccc(N2CCCCC2)cc1. The molecule has 0 aromatic heterocycles. The lowest BCUT2D eigenvalue weighted by Gasteiger charge is -2.28. The Morgan fingerprint density at radius 1 is 0.900 bits per heavy atom. The second-order valence-corrected chi connectivity index (χ2v) is 8.15. The van der Waals surface area contributed by atoms with Crippen molar-refractivity contribution in [1.29, 1.82) is 0 Å². The van der Waals surface area contributed by atoms with E-state index in [-0.39, 0.29) is 11.8 Å². The average Bonchev–Trinajstić information content (AvgIpc) is 3.21. The van der Waals surface area contributed by atoms with E-state index >= 15 is 0 Å². The van der Waals surface area contributed by atoms with Crippen LogP contribution < -0.4 is 20.4 Å². The minimum atomic E-state index is -0.406. The number of piperidine rings is 1. The molecule has 2 aromatic carbocycles. The van der Waals surface area contributed by atoms with E-state index in [9.17, 15) is 9.59 Å². The molecule has 0 aliphatic carbocycles. The first kappa shape index (κ1) is 20.3. The van der Waals surface area contributed by atoms with E-state index in [1.54, 1.807) is 4.90 Å². The lowest BCUT2D eigenvalue weighted by molar-refractivity contribution is -0.117. The number of carbonyl (C=O) groups is 2. The van der Waals surface area contributed by atoms with Gasteiger partial charge < -0.3 is 20.4 Å². The topological polar surface area (TPSA) is 64.7 Å². The molecule has 2 aliphatic rings. The van der Waals surface area contributed by atoms with Crippen LogP contribution in [0.15, 0.2) is 48.5 Å². The quantitative estimate of drug-likeness (QED) is 0.753. The number of hydrogen-bond acceptors (Lipinski definition) is 4. The van der Waals surface area contributed by atoms with E-state index in [0.717, 1.165) is 43.1 Å². The van der Waals surface area contributed by atoms with E-state index < -0.39 is 6.04 Å². The van der Waals surface area contributed by atoms with Gasteiger partial charge >= 0.3 is 0 Å². The van der Waals surface area contributed by atoms with Crippen LogP contribution in [0, 0.1) is 0 Å². The van der Waals surface area contributed by atoms with Gasteiger partial charge in [-0.2, -0.15) is 0 Å². The van der Waals surface area contributed by atoms with Crippen molar-refractivity contribution in [2.75, 3.05) is 40.1 Å². The standard InChI is InChI=1S/C24H30N4O2/c1-18(25-20-7-5-8-22(17-20)28-16-6-9-23(28)29)24(30)26-19-10-12-21(13-11-19)27-14-3-2-4-15-27/h5,7-8,10-13,17-18,25H,2-4,6,9,14-16H2,1H3,(H,26,30)/t18-/m0/s1. The van der Waals surface area contributed by atoms with Gasteiger partial charge in [-0.05, 0) is 75.1 Å². The fraction of sp³-hybridized carbons (Fsp3) is 0.417. The van der Waals surface area contributed by atoms with Crippen LogP contribution in [0.1, 0.15) is 39.0 Å². The summed E-state index contributed by atoms with van der Waals surface area (Å²) in [6.45, 7) is 4.81. The number of nitrogens with zero attached hydrogens (tertiary/aromatic N) is 2. The molecule has 2 N–H and O–H groups in total. The molecule has 4 rings (SSSR count). The molecular formula is C24H30N4O2. The Kier molecular flexibility index (Phi) is 6.21. The molecule has 0 spiro atoms. The van der Waals surface area contributed by atoms with Crippen LogP contribution in [0.2, 0.25) is 0 Å². The first-order valence-corrected chi connectivity index (χ1v) is 10.9. The van der Waals surface area contributed by atoms with Crippen LogP contribution in [-0.2, 0) is 9.59 Å². The maximum absolute atomic E-state index is 12.6. The normalized spacial score (nSPS) is 17.7. The van der Waals surface area contributed by atoms with Crippen molar-refractivity contribution in [1.82, 2.24) is 0 Å². The van der Waals surface area contributed by atoms with E-state index in [2.05, 4.69) is 27.7 Å². The zero-order valence-electron chi connectivity index (χ0n) is 17.6. The Labute approximate surface area is 178 Å². The van der Waals surface area contributed by atoms with Gasteiger partial charge in [-0.3, -0.25) is 9.59 Å². The second-order valence-electron chi connectivity index (χ2n) is 8.15. The maximum atomic E-state index is 12.6. The summed E-state index contributed by atoms with van der Waals surface area (Å²) in [7, 11) is 0. The van der Waals surface area contributed by atoms with Gasteiger partial charge in [0.05, 0.1) is 0 Å². The number of carbonyl (C=O) groups excluding carboxylic acids is 2. The third kappa shape index (κ3) is 4.75. The van der Waals surface area contributed by atoms with Crippen molar-refractivity contribution in [2.24, 2.45) is 0 Å². The number of rotatable bonds is 6. The summed E-state index contributed by atoms with van der Waals surface area (Å²) in [5, 5.41) is 6.23. The predicted octanol–water partition coefficient (Wildman–Crippen LogP) is 4.24. The van der Waals surface area contributed by atoms with Crippen LogP contribution >= 0.6 is 0 Å². The first-order chi connectivity index (χ1) is 14.6. The van der Waals surface area contributed by atoms with Crippen molar-refractivity contribution in [3.63, 3.8) is 0 Å². The predicted molar refractivity (Wildman–Crippen MR) is 122 cm³/mol. The molecule has 6 heteroatoms. The van der Waals surface area contributed by atoms with Crippen molar-refractivity contribution < 1.29 is 9.59 Å². The number of hydrogen-bond donors (Lipinski definition) is 2. The summed E-state index contributed by atoms with van der Waals surface area (Å²) >= 11 is 0. The van der Waals surface area contributed by atoms with E-state index in [1.165, 1.54) is 24.9 Å². The fourth-order valence-corrected chi connectivity index (χ4v) is 4.16. The second kappa shape index (κ2) is 9.20. The molecule has 30 heavy (non-hydrogen) atoms. The first-order valence-electron chi connectivity index (χ1n) is 10.9. The summed E-state index contributed by atoms with van der Waals surface area (Å²) in [5.41, 5.74) is 3.72. The van der Waals surface area contributed by atoms with Gasteiger partial charge in [0, 0.05) is 48.8 Å². The van der Waals surface area contributed by atoms with Crippen LogP contribution in [0.4, 0.5) is 22.7 Å². The third-order valence-corrected chi connectivity index (χ3v) is 5.86. The third-order valence-electron chi connectivity index (χ3n) is 5.86. The Hall–Kier alpha value is -3.02. The largest absolute Gasteiger partial charge is 0.374 e.